The summed E-state index contributed by atoms with van der Waals surface area (Å²) >= 11 is 0. The Bertz CT molecular complexity index is 213. The molecule has 0 saturated carbocycles. The average molecular weight is 292 g/mol. The monoisotopic (exact) mass is 291 g/mol. The van der Waals surface area contributed by atoms with E-state index in [9.17, 15) is 0 Å². The Hall–Kier alpha value is 0.170. The van der Waals surface area contributed by atoms with Gasteiger partial charge in [0.15, 0.2) is 0 Å². The highest BCUT2D eigenvalue weighted by atomic mass is 35.5. The molecule has 116 valence electrons. The Morgan fingerprint density at radius 1 is 1.00 bits per heavy atom. The quantitative estimate of drug-likeness (QED) is 0.704. The number of halogens is 1. The van der Waals surface area contributed by atoms with Gasteiger partial charge in [-0.2, -0.15) is 0 Å². The lowest BCUT2D eigenvalue weighted by Gasteiger charge is -2.33. The van der Waals surface area contributed by atoms with E-state index in [4.69, 9.17) is 0 Å². The molecule has 3 nitrogen and oxygen atoms in total. The summed E-state index contributed by atoms with van der Waals surface area (Å²) in [6.45, 7) is 18.9. The molecule has 0 aromatic heterocycles. The van der Waals surface area contributed by atoms with Crippen LogP contribution in [-0.4, -0.2) is 62.2 Å². The van der Waals surface area contributed by atoms with E-state index in [2.05, 4.69) is 42.8 Å². The average Bonchev–Trinajstić information content (AvgIpc) is 2.77. The summed E-state index contributed by atoms with van der Waals surface area (Å²) in [6.07, 6.45) is 2.60. The van der Waals surface area contributed by atoms with Crippen molar-refractivity contribution in [1.82, 2.24) is 15.1 Å². The smallest absolute Gasteiger partial charge is 0.0110 e. The lowest BCUT2D eigenvalue weighted by atomic mass is 9.89. The number of nitrogens with one attached hydrogen (secondary N) is 1. The van der Waals surface area contributed by atoms with Crippen LogP contribution < -0.4 is 5.32 Å². The molecule has 0 aliphatic carbocycles. The van der Waals surface area contributed by atoms with E-state index in [-0.39, 0.29) is 12.4 Å². The first-order valence-electron chi connectivity index (χ1n) is 7.79. The molecule has 1 aliphatic rings. The predicted molar refractivity (Wildman–Crippen MR) is 87.4 cm³/mol. The van der Waals surface area contributed by atoms with E-state index in [1.54, 1.807) is 0 Å². The third-order valence-corrected chi connectivity index (χ3v) is 4.23. The highest BCUT2D eigenvalue weighted by Gasteiger charge is 2.30. The molecule has 1 atom stereocenters. The van der Waals surface area contributed by atoms with Crippen molar-refractivity contribution in [3.05, 3.63) is 0 Å². The maximum absolute atomic E-state index is 3.51. The van der Waals surface area contributed by atoms with Crippen molar-refractivity contribution >= 4 is 12.4 Å². The van der Waals surface area contributed by atoms with Gasteiger partial charge in [0.1, 0.15) is 0 Å². The Balaban J connectivity index is 0.00000324. The predicted octanol–water partition coefficient (Wildman–Crippen LogP) is 2.46. The fourth-order valence-corrected chi connectivity index (χ4v) is 2.95. The summed E-state index contributed by atoms with van der Waals surface area (Å²) in [5.41, 5.74) is 0.498. The Morgan fingerprint density at radius 2 is 1.63 bits per heavy atom. The fourth-order valence-electron chi connectivity index (χ4n) is 2.95. The topological polar surface area (TPSA) is 18.5 Å². The molecule has 0 aromatic rings. The second-order valence-corrected chi connectivity index (χ2v) is 6.04. The van der Waals surface area contributed by atoms with Crippen LogP contribution in [0.3, 0.4) is 0 Å². The van der Waals surface area contributed by atoms with Gasteiger partial charge in [0.2, 0.25) is 0 Å². The van der Waals surface area contributed by atoms with Crippen LogP contribution in [0.5, 0.6) is 0 Å². The minimum Gasteiger partial charge on any atom is -0.316 e. The molecule has 0 radical (unpaired) electrons. The molecule has 4 heteroatoms. The van der Waals surface area contributed by atoms with Gasteiger partial charge in [0.25, 0.3) is 0 Å². The minimum atomic E-state index is 0. The van der Waals surface area contributed by atoms with Crippen LogP contribution in [0.15, 0.2) is 0 Å². The molecule has 1 rings (SSSR count). The molecule has 0 amide bonds. The largest absolute Gasteiger partial charge is 0.316 e. The second kappa shape index (κ2) is 9.98. The van der Waals surface area contributed by atoms with E-state index >= 15 is 0 Å². The van der Waals surface area contributed by atoms with Crippen LogP contribution in [0.25, 0.3) is 0 Å². The zero-order valence-corrected chi connectivity index (χ0v) is 14.2. The van der Waals surface area contributed by atoms with Gasteiger partial charge >= 0.3 is 0 Å². The molecule has 1 heterocycles. The summed E-state index contributed by atoms with van der Waals surface area (Å²) in [6, 6.07) is 0. The number of likely N-dealkylation sites (N-methyl/N-ethyl adjacent to an activating group) is 1. The van der Waals surface area contributed by atoms with Crippen molar-refractivity contribution in [2.75, 3.05) is 52.4 Å². The molecule has 1 unspecified atom stereocenters. The van der Waals surface area contributed by atoms with Gasteiger partial charge < -0.3 is 15.1 Å². The van der Waals surface area contributed by atoms with E-state index < -0.39 is 0 Å². The third kappa shape index (κ3) is 6.94. The zero-order chi connectivity index (χ0) is 13.4. The fraction of sp³-hybridized carbons (Fsp3) is 1.00. The normalized spacial score (nSPS) is 23.1. The maximum atomic E-state index is 3.51. The van der Waals surface area contributed by atoms with Crippen LogP contribution in [0.1, 0.15) is 40.5 Å². The number of hydrogen-bond acceptors (Lipinski definition) is 3. The van der Waals surface area contributed by atoms with Crippen LogP contribution in [0, 0.1) is 5.41 Å². The summed E-state index contributed by atoms with van der Waals surface area (Å²) in [4.78, 5) is 5.20. The van der Waals surface area contributed by atoms with Gasteiger partial charge in [-0.1, -0.05) is 27.7 Å². The van der Waals surface area contributed by atoms with E-state index in [0.29, 0.717) is 5.41 Å². The molecule has 0 bridgehead atoms. The lowest BCUT2D eigenvalue weighted by Crippen LogP contribution is -2.42. The van der Waals surface area contributed by atoms with Crippen molar-refractivity contribution in [3.63, 3.8) is 0 Å². The molecule has 0 aromatic carbocycles. The number of rotatable bonds is 9. The van der Waals surface area contributed by atoms with Gasteiger partial charge in [-0.05, 0) is 44.4 Å². The van der Waals surface area contributed by atoms with E-state index in [1.165, 1.54) is 65.2 Å². The first kappa shape index (κ1) is 19.2. The molecular formula is C15H34ClN3. The van der Waals surface area contributed by atoms with Crippen LogP contribution in [-0.2, 0) is 0 Å². The van der Waals surface area contributed by atoms with Gasteiger partial charge in [-0.3, -0.25) is 0 Å². The molecule has 1 aliphatic heterocycles. The third-order valence-electron chi connectivity index (χ3n) is 4.23. The highest BCUT2D eigenvalue weighted by molar-refractivity contribution is 5.85. The van der Waals surface area contributed by atoms with Crippen molar-refractivity contribution in [1.29, 1.82) is 0 Å². The van der Waals surface area contributed by atoms with Crippen molar-refractivity contribution in [2.24, 2.45) is 5.41 Å². The number of hydrogen-bond donors (Lipinski definition) is 1. The SMILES string of the molecule is CCCN(CCN(CC)CC)CC1(C)CCNC1.Cl. The number of nitrogens with zero attached hydrogens (tertiary/aromatic N) is 2. The Morgan fingerprint density at radius 3 is 2.11 bits per heavy atom. The van der Waals surface area contributed by atoms with Crippen LogP contribution in [0.2, 0.25) is 0 Å². The molecule has 1 N–H and O–H groups in total. The van der Waals surface area contributed by atoms with Crippen LogP contribution in [0.4, 0.5) is 0 Å². The summed E-state index contributed by atoms with van der Waals surface area (Å²) in [5.74, 6) is 0. The second-order valence-electron chi connectivity index (χ2n) is 6.04. The molecule has 0 spiro atoms. The summed E-state index contributed by atoms with van der Waals surface area (Å²) < 4.78 is 0. The Kier molecular flexibility index (Phi) is 10.1. The zero-order valence-electron chi connectivity index (χ0n) is 13.4. The molecule has 1 fully saturated rings. The summed E-state index contributed by atoms with van der Waals surface area (Å²) in [5, 5.41) is 3.51. The van der Waals surface area contributed by atoms with Gasteiger partial charge in [-0.25, -0.2) is 0 Å². The summed E-state index contributed by atoms with van der Waals surface area (Å²) in [7, 11) is 0. The van der Waals surface area contributed by atoms with Crippen molar-refractivity contribution < 1.29 is 0 Å². The van der Waals surface area contributed by atoms with E-state index in [1.807, 2.05) is 0 Å². The Labute approximate surface area is 126 Å². The molecular weight excluding hydrogens is 258 g/mol. The minimum absolute atomic E-state index is 0. The van der Waals surface area contributed by atoms with Crippen molar-refractivity contribution in [3.8, 4) is 0 Å². The maximum Gasteiger partial charge on any atom is 0.0110 e. The van der Waals surface area contributed by atoms with Crippen LogP contribution >= 0.6 is 12.4 Å². The van der Waals surface area contributed by atoms with Gasteiger partial charge in [0.05, 0.1) is 0 Å². The lowest BCUT2D eigenvalue weighted by molar-refractivity contribution is 0.155. The van der Waals surface area contributed by atoms with Crippen molar-refractivity contribution in [2.45, 2.75) is 40.5 Å². The molecule has 1 saturated heterocycles. The first-order chi connectivity index (χ1) is 8.63. The highest BCUT2D eigenvalue weighted by Crippen LogP contribution is 2.25. The van der Waals surface area contributed by atoms with E-state index in [0.717, 1.165) is 0 Å². The standard InChI is InChI=1S/C15H33N3.ClH/c1-5-10-18(12-11-17(6-2)7-3)14-15(4)8-9-16-13-15;/h16H,5-14H2,1-4H3;1H. The van der Waals surface area contributed by atoms with Gasteiger partial charge in [-0.15, -0.1) is 12.4 Å². The first-order valence-corrected chi connectivity index (χ1v) is 7.79. The van der Waals surface area contributed by atoms with Gasteiger partial charge in [0, 0.05) is 26.2 Å². The molecule has 19 heavy (non-hydrogen) atoms.